The van der Waals surface area contributed by atoms with Crippen LogP contribution in [0, 0.1) is 0 Å². The number of hydrogen-bond acceptors (Lipinski definition) is 6. The summed E-state index contributed by atoms with van der Waals surface area (Å²) in [5.74, 6) is -0.587. The van der Waals surface area contributed by atoms with E-state index in [1.807, 2.05) is 0 Å². The first kappa shape index (κ1) is 12.4. The summed E-state index contributed by atoms with van der Waals surface area (Å²) in [6, 6.07) is 0. The predicted molar refractivity (Wildman–Crippen MR) is 49.1 cm³/mol. The highest BCUT2D eigenvalue weighted by Crippen LogP contribution is 2.14. The minimum Gasteiger partial charge on any atom is -0.465 e. The van der Waals surface area contributed by atoms with E-state index < -0.39 is 18.4 Å². The van der Waals surface area contributed by atoms with Crippen molar-refractivity contribution in [2.24, 2.45) is 0 Å². The minimum absolute atomic E-state index is 0.192. The summed E-state index contributed by atoms with van der Waals surface area (Å²) in [5.41, 5.74) is 0. The van der Waals surface area contributed by atoms with Gasteiger partial charge in [0.15, 0.2) is 0 Å². The van der Waals surface area contributed by atoms with E-state index >= 15 is 0 Å². The molecule has 0 aliphatic carbocycles. The lowest BCUT2D eigenvalue weighted by Crippen LogP contribution is -2.30. The number of aliphatic hydroxyl groups is 1. The molecular weight excluding hydrogens is 204 g/mol. The van der Waals surface area contributed by atoms with Crippen LogP contribution in [0.4, 0.5) is 0 Å². The molecule has 1 fully saturated rings. The van der Waals surface area contributed by atoms with Crippen molar-refractivity contribution in [2.75, 3.05) is 27.4 Å². The molecule has 1 aliphatic rings. The van der Waals surface area contributed by atoms with Crippen molar-refractivity contribution < 1.29 is 28.8 Å². The van der Waals surface area contributed by atoms with Gasteiger partial charge in [0.2, 0.25) is 0 Å². The third kappa shape index (κ3) is 3.75. The largest absolute Gasteiger partial charge is 0.465 e. The van der Waals surface area contributed by atoms with Crippen LogP contribution < -0.4 is 0 Å². The fraction of sp³-hybridized carbons (Fsp3) is 0.889. The summed E-state index contributed by atoms with van der Waals surface area (Å²) in [7, 11) is 2.61. The first-order chi connectivity index (χ1) is 7.17. The van der Waals surface area contributed by atoms with E-state index in [-0.39, 0.29) is 12.7 Å². The molecule has 6 nitrogen and oxygen atoms in total. The lowest BCUT2D eigenvalue weighted by molar-refractivity contribution is -0.191. The van der Waals surface area contributed by atoms with Crippen LogP contribution in [-0.2, 0) is 23.7 Å². The summed E-state index contributed by atoms with van der Waals surface area (Å²) in [5, 5.41) is 9.17. The van der Waals surface area contributed by atoms with Gasteiger partial charge in [-0.1, -0.05) is 0 Å². The van der Waals surface area contributed by atoms with Crippen molar-refractivity contribution >= 4 is 5.97 Å². The fourth-order valence-electron chi connectivity index (χ4n) is 1.33. The molecule has 0 bridgehead atoms. The Bertz CT molecular complexity index is 207. The number of carbonyl (C=O) groups excluding carboxylic acids is 1. The number of carbonyl (C=O) groups is 1. The number of rotatable bonds is 5. The van der Waals surface area contributed by atoms with Gasteiger partial charge in [-0.15, -0.1) is 0 Å². The molecular formula is C9H16O6. The molecule has 0 aromatic heterocycles. The second kappa shape index (κ2) is 6.02. The quantitative estimate of drug-likeness (QED) is 0.487. The Morgan fingerprint density at radius 1 is 1.60 bits per heavy atom. The highest BCUT2D eigenvalue weighted by molar-refractivity contribution is 5.72. The molecule has 0 aromatic carbocycles. The van der Waals surface area contributed by atoms with Crippen molar-refractivity contribution in [2.45, 2.75) is 24.9 Å². The third-order valence-corrected chi connectivity index (χ3v) is 2.10. The molecule has 1 heterocycles. The number of aliphatic hydroxyl groups excluding tert-OH is 1. The fourth-order valence-corrected chi connectivity index (χ4v) is 1.33. The van der Waals surface area contributed by atoms with Gasteiger partial charge in [-0.25, -0.2) is 4.79 Å². The van der Waals surface area contributed by atoms with Crippen LogP contribution in [0.25, 0.3) is 0 Å². The van der Waals surface area contributed by atoms with Crippen molar-refractivity contribution in [3.8, 4) is 0 Å². The molecule has 1 N–H and O–H groups in total. The lowest BCUT2D eigenvalue weighted by atomic mass is 10.2. The SMILES string of the molecule is COC(=O)C(OC)OC[C@H]1CC(O)CO1. The molecule has 0 aromatic rings. The van der Waals surface area contributed by atoms with Gasteiger partial charge in [0, 0.05) is 13.5 Å². The van der Waals surface area contributed by atoms with E-state index in [2.05, 4.69) is 4.74 Å². The molecule has 15 heavy (non-hydrogen) atoms. The molecule has 1 saturated heterocycles. The molecule has 0 saturated carbocycles. The summed E-state index contributed by atoms with van der Waals surface area (Å²) in [6.45, 7) is 0.508. The van der Waals surface area contributed by atoms with Gasteiger partial charge < -0.3 is 24.1 Å². The highest BCUT2D eigenvalue weighted by atomic mass is 16.7. The number of ether oxygens (including phenoxy) is 4. The van der Waals surface area contributed by atoms with Crippen LogP contribution in [0.1, 0.15) is 6.42 Å². The Balaban J connectivity index is 2.25. The third-order valence-electron chi connectivity index (χ3n) is 2.10. The average molecular weight is 220 g/mol. The first-order valence-electron chi connectivity index (χ1n) is 4.69. The monoisotopic (exact) mass is 220 g/mol. The van der Waals surface area contributed by atoms with Crippen molar-refractivity contribution in [3.63, 3.8) is 0 Å². The maximum absolute atomic E-state index is 11.0. The molecule has 3 atom stereocenters. The average Bonchev–Trinajstić information content (AvgIpc) is 2.64. The van der Waals surface area contributed by atoms with E-state index in [1.54, 1.807) is 0 Å². The topological polar surface area (TPSA) is 74.2 Å². The smallest absolute Gasteiger partial charge is 0.363 e. The van der Waals surface area contributed by atoms with Crippen LogP contribution in [-0.4, -0.2) is 57.0 Å². The molecule has 88 valence electrons. The van der Waals surface area contributed by atoms with Gasteiger partial charge in [0.05, 0.1) is 32.5 Å². The molecule has 0 radical (unpaired) electrons. The van der Waals surface area contributed by atoms with Crippen LogP contribution in [0.3, 0.4) is 0 Å². The Morgan fingerprint density at radius 2 is 2.33 bits per heavy atom. The summed E-state index contributed by atoms with van der Waals surface area (Å²) in [6.07, 6.45) is -1.16. The molecule has 1 rings (SSSR count). The molecule has 0 spiro atoms. The van der Waals surface area contributed by atoms with Gasteiger partial charge in [-0.05, 0) is 0 Å². The van der Waals surface area contributed by atoms with E-state index in [1.165, 1.54) is 14.2 Å². The zero-order valence-electron chi connectivity index (χ0n) is 8.84. The highest BCUT2D eigenvalue weighted by Gasteiger charge is 2.26. The Hall–Kier alpha value is -0.690. The molecule has 0 amide bonds. The van der Waals surface area contributed by atoms with Gasteiger partial charge >= 0.3 is 5.97 Å². The summed E-state index contributed by atoms with van der Waals surface area (Å²) in [4.78, 5) is 11.0. The van der Waals surface area contributed by atoms with Crippen LogP contribution >= 0.6 is 0 Å². The van der Waals surface area contributed by atoms with E-state index in [4.69, 9.17) is 14.2 Å². The first-order valence-corrected chi connectivity index (χ1v) is 4.69. The maximum Gasteiger partial charge on any atom is 0.363 e. The molecule has 1 aliphatic heterocycles. The Morgan fingerprint density at radius 3 is 2.80 bits per heavy atom. The number of hydrogen-bond donors (Lipinski definition) is 1. The van der Waals surface area contributed by atoms with Crippen LogP contribution in [0.5, 0.6) is 0 Å². The van der Waals surface area contributed by atoms with Crippen molar-refractivity contribution in [1.82, 2.24) is 0 Å². The van der Waals surface area contributed by atoms with Gasteiger partial charge in [-0.3, -0.25) is 0 Å². The zero-order chi connectivity index (χ0) is 11.3. The maximum atomic E-state index is 11.0. The van der Waals surface area contributed by atoms with Crippen LogP contribution in [0.15, 0.2) is 0 Å². The Labute approximate surface area is 88.1 Å². The zero-order valence-corrected chi connectivity index (χ0v) is 8.84. The Kier molecular flexibility index (Phi) is 4.97. The minimum atomic E-state index is -1.03. The predicted octanol–water partition coefficient (Wildman–Crippen LogP) is -0.702. The lowest BCUT2D eigenvalue weighted by Gasteiger charge is -2.16. The second-order valence-corrected chi connectivity index (χ2v) is 3.27. The molecule has 6 heteroatoms. The second-order valence-electron chi connectivity index (χ2n) is 3.27. The van der Waals surface area contributed by atoms with E-state index in [9.17, 15) is 9.90 Å². The van der Waals surface area contributed by atoms with Crippen molar-refractivity contribution in [1.29, 1.82) is 0 Å². The van der Waals surface area contributed by atoms with Gasteiger partial charge in [0.25, 0.3) is 6.29 Å². The number of esters is 1. The molecule has 2 unspecified atom stereocenters. The van der Waals surface area contributed by atoms with Gasteiger partial charge in [0.1, 0.15) is 0 Å². The standard InChI is InChI=1S/C9H16O6/c1-12-8(11)9(13-2)15-5-7-3-6(10)4-14-7/h6-7,9-10H,3-5H2,1-2H3/t6?,7-,9?/m1/s1. The van der Waals surface area contributed by atoms with E-state index in [0.29, 0.717) is 13.0 Å². The van der Waals surface area contributed by atoms with E-state index in [0.717, 1.165) is 0 Å². The summed E-state index contributed by atoms with van der Waals surface area (Å²) < 4.78 is 19.6. The van der Waals surface area contributed by atoms with Crippen LogP contribution in [0.2, 0.25) is 0 Å². The summed E-state index contributed by atoms with van der Waals surface area (Å²) >= 11 is 0. The number of methoxy groups -OCH3 is 2. The van der Waals surface area contributed by atoms with Gasteiger partial charge in [-0.2, -0.15) is 0 Å². The normalized spacial score (nSPS) is 27.7. The van der Waals surface area contributed by atoms with Crippen molar-refractivity contribution in [3.05, 3.63) is 0 Å².